The number of amides is 1. The zero-order valence-electron chi connectivity index (χ0n) is 13.3. The van der Waals surface area contributed by atoms with Gasteiger partial charge in [0.1, 0.15) is 5.69 Å². The van der Waals surface area contributed by atoms with Gasteiger partial charge in [-0.2, -0.15) is 10.2 Å². The molecule has 0 saturated carbocycles. The molecule has 0 aliphatic heterocycles. The average Bonchev–Trinajstić information content (AvgIpc) is 2.98. The predicted octanol–water partition coefficient (Wildman–Crippen LogP) is 1.06. The van der Waals surface area contributed by atoms with Gasteiger partial charge in [0.25, 0.3) is 5.91 Å². The Morgan fingerprint density at radius 2 is 1.95 bits per heavy atom. The lowest BCUT2D eigenvalue weighted by Gasteiger charge is -2.07. The Morgan fingerprint density at radius 1 is 1.27 bits per heavy atom. The lowest BCUT2D eigenvalue weighted by Crippen LogP contribution is -2.19. The zero-order valence-corrected chi connectivity index (χ0v) is 13.3. The van der Waals surface area contributed by atoms with Gasteiger partial charge in [0.2, 0.25) is 0 Å². The summed E-state index contributed by atoms with van der Waals surface area (Å²) in [7, 11) is 4.60. The minimum absolute atomic E-state index is 0.200. The lowest BCUT2D eigenvalue weighted by atomic mass is 10.2. The maximum Gasteiger partial charge on any atom is 0.358 e. The Kier molecular flexibility index (Phi) is 4.30. The van der Waals surface area contributed by atoms with Crippen LogP contribution in [-0.4, -0.2) is 38.5 Å². The highest BCUT2D eigenvalue weighted by Crippen LogP contribution is 2.21. The van der Waals surface area contributed by atoms with Gasteiger partial charge in [-0.25, -0.2) is 4.79 Å². The standard InChI is InChI=1S/C14H19N5O3/c1-6-9-7-10(18(3)17-9)13(20)15-11-8(2)16-19(4)12(11)14(21)22-5/h7H,6H2,1-5H3,(H,15,20). The maximum absolute atomic E-state index is 12.4. The van der Waals surface area contributed by atoms with E-state index in [1.54, 1.807) is 27.1 Å². The first-order valence-electron chi connectivity index (χ1n) is 6.85. The van der Waals surface area contributed by atoms with Crippen molar-refractivity contribution in [2.75, 3.05) is 12.4 Å². The fourth-order valence-electron chi connectivity index (χ4n) is 2.23. The number of ether oxygens (including phenoxy) is 1. The predicted molar refractivity (Wildman–Crippen MR) is 79.8 cm³/mol. The highest BCUT2D eigenvalue weighted by atomic mass is 16.5. The van der Waals surface area contributed by atoms with Gasteiger partial charge in [-0.3, -0.25) is 14.2 Å². The summed E-state index contributed by atoms with van der Waals surface area (Å²) in [5, 5.41) is 11.1. The molecular weight excluding hydrogens is 286 g/mol. The quantitative estimate of drug-likeness (QED) is 0.853. The zero-order chi connectivity index (χ0) is 16.4. The van der Waals surface area contributed by atoms with Crippen LogP contribution in [0, 0.1) is 6.92 Å². The van der Waals surface area contributed by atoms with Gasteiger partial charge in [0.05, 0.1) is 24.2 Å². The molecule has 0 atom stereocenters. The van der Waals surface area contributed by atoms with Crippen molar-refractivity contribution < 1.29 is 14.3 Å². The third-order valence-corrected chi connectivity index (χ3v) is 3.36. The molecule has 118 valence electrons. The van der Waals surface area contributed by atoms with Crippen LogP contribution in [0.25, 0.3) is 0 Å². The van der Waals surface area contributed by atoms with Crippen molar-refractivity contribution in [3.8, 4) is 0 Å². The van der Waals surface area contributed by atoms with Gasteiger partial charge >= 0.3 is 5.97 Å². The molecule has 0 bridgehead atoms. The van der Waals surface area contributed by atoms with Gasteiger partial charge in [0.15, 0.2) is 5.69 Å². The fourth-order valence-corrected chi connectivity index (χ4v) is 2.23. The van der Waals surface area contributed by atoms with E-state index < -0.39 is 5.97 Å². The number of hydrogen-bond acceptors (Lipinski definition) is 5. The molecular formula is C14H19N5O3. The molecule has 2 rings (SSSR count). The molecule has 1 amide bonds. The third-order valence-electron chi connectivity index (χ3n) is 3.36. The number of aryl methyl sites for hydroxylation is 4. The van der Waals surface area contributed by atoms with E-state index in [1.165, 1.54) is 16.5 Å². The molecule has 2 heterocycles. The second kappa shape index (κ2) is 6.00. The summed E-state index contributed by atoms with van der Waals surface area (Å²) in [6.45, 7) is 3.67. The van der Waals surface area contributed by atoms with Crippen LogP contribution in [0.3, 0.4) is 0 Å². The summed E-state index contributed by atoms with van der Waals surface area (Å²) in [6, 6.07) is 1.72. The number of rotatable bonds is 4. The lowest BCUT2D eigenvalue weighted by molar-refractivity contribution is 0.0589. The Bertz CT molecular complexity index is 729. The van der Waals surface area contributed by atoms with Crippen molar-refractivity contribution in [1.29, 1.82) is 0 Å². The number of nitrogens with one attached hydrogen (secondary N) is 1. The number of anilines is 1. The topological polar surface area (TPSA) is 91.0 Å². The van der Waals surface area contributed by atoms with Gasteiger partial charge in [0, 0.05) is 14.1 Å². The van der Waals surface area contributed by atoms with E-state index in [0.29, 0.717) is 17.1 Å². The average molecular weight is 305 g/mol. The molecule has 0 aliphatic rings. The summed E-state index contributed by atoms with van der Waals surface area (Å²) in [6.07, 6.45) is 0.737. The van der Waals surface area contributed by atoms with Gasteiger partial charge < -0.3 is 10.1 Å². The van der Waals surface area contributed by atoms with Gasteiger partial charge in [-0.05, 0) is 19.4 Å². The number of aromatic nitrogens is 4. The normalized spacial score (nSPS) is 10.6. The fraction of sp³-hybridized carbons (Fsp3) is 0.429. The molecule has 0 saturated heterocycles. The largest absolute Gasteiger partial charge is 0.464 e. The Morgan fingerprint density at radius 3 is 2.50 bits per heavy atom. The first-order valence-corrected chi connectivity index (χ1v) is 6.85. The van der Waals surface area contributed by atoms with Crippen molar-refractivity contribution in [2.24, 2.45) is 14.1 Å². The van der Waals surface area contributed by atoms with Crippen molar-refractivity contribution in [3.05, 3.63) is 28.8 Å². The van der Waals surface area contributed by atoms with Crippen LogP contribution in [0.4, 0.5) is 5.69 Å². The van der Waals surface area contributed by atoms with E-state index in [4.69, 9.17) is 4.74 Å². The molecule has 0 spiro atoms. The molecule has 1 N–H and O–H groups in total. The van der Waals surface area contributed by atoms with E-state index in [-0.39, 0.29) is 11.6 Å². The van der Waals surface area contributed by atoms with Crippen LogP contribution >= 0.6 is 0 Å². The molecule has 0 unspecified atom stereocenters. The second-order valence-electron chi connectivity index (χ2n) is 4.88. The molecule has 0 fully saturated rings. The third kappa shape index (κ3) is 2.72. The minimum atomic E-state index is -0.558. The molecule has 8 heteroatoms. The monoisotopic (exact) mass is 305 g/mol. The van der Waals surface area contributed by atoms with Crippen LogP contribution in [0.15, 0.2) is 6.07 Å². The van der Waals surface area contributed by atoms with E-state index in [1.807, 2.05) is 6.92 Å². The van der Waals surface area contributed by atoms with Gasteiger partial charge in [-0.15, -0.1) is 0 Å². The Hall–Kier alpha value is -2.64. The molecule has 8 nitrogen and oxygen atoms in total. The summed E-state index contributed by atoms with van der Waals surface area (Å²) < 4.78 is 7.63. The number of carbonyl (C=O) groups is 2. The molecule has 22 heavy (non-hydrogen) atoms. The second-order valence-corrected chi connectivity index (χ2v) is 4.88. The summed E-state index contributed by atoms with van der Waals surface area (Å²) in [4.78, 5) is 24.3. The van der Waals surface area contributed by atoms with E-state index in [2.05, 4.69) is 15.5 Å². The highest BCUT2D eigenvalue weighted by Gasteiger charge is 2.23. The number of carbonyl (C=O) groups excluding carboxylic acids is 2. The molecule has 2 aromatic heterocycles. The van der Waals surface area contributed by atoms with E-state index in [9.17, 15) is 9.59 Å². The van der Waals surface area contributed by atoms with Crippen molar-refractivity contribution in [2.45, 2.75) is 20.3 Å². The summed E-state index contributed by atoms with van der Waals surface area (Å²) >= 11 is 0. The van der Waals surface area contributed by atoms with Crippen molar-refractivity contribution in [3.63, 3.8) is 0 Å². The summed E-state index contributed by atoms with van der Waals surface area (Å²) in [5.41, 5.74) is 2.32. The van der Waals surface area contributed by atoms with Crippen molar-refractivity contribution in [1.82, 2.24) is 19.6 Å². The van der Waals surface area contributed by atoms with Crippen molar-refractivity contribution >= 4 is 17.6 Å². The number of methoxy groups -OCH3 is 1. The highest BCUT2D eigenvalue weighted by molar-refractivity contribution is 6.07. The van der Waals surface area contributed by atoms with Crippen LogP contribution in [0.1, 0.15) is 39.3 Å². The Balaban J connectivity index is 2.36. The number of nitrogens with zero attached hydrogens (tertiary/aromatic N) is 4. The first-order chi connectivity index (χ1) is 10.4. The van der Waals surface area contributed by atoms with Crippen LogP contribution in [0.5, 0.6) is 0 Å². The van der Waals surface area contributed by atoms with Crippen LogP contribution < -0.4 is 5.32 Å². The number of esters is 1. The molecule has 0 aromatic carbocycles. The van der Waals surface area contributed by atoms with E-state index >= 15 is 0 Å². The minimum Gasteiger partial charge on any atom is -0.464 e. The molecule has 2 aromatic rings. The Labute approximate surface area is 128 Å². The number of hydrogen-bond donors (Lipinski definition) is 1. The molecule has 0 aliphatic carbocycles. The molecule has 0 radical (unpaired) electrons. The first kappa shape index (κ1) is 15.7. The SMILES string of the molecule is CCc1cc(C(=O)Nc2c(C)nn(C)c2C(=O)OC)n(C)n1. The van der Waals surface area contributed by atoms with Crippen LogP contribution in [0.2, 0.25) is 0 Å². The maximum atomic E-state index is 12.4. The van der Waals surface area contributed by atoms with Gasteiger partial charge in [-0.1, -0.05) is 6.92 Å². The van der Waals surface area contributed by atoms with Crippen LogP contribution in [-0.2, 0) is 25.3 Å². The van der Waals surface area contributed by atoms with E-state index in [0.717, 1.165) is 12.1 Å². The summed E-state index contributed by atoms with van der Waals surface area (Å²) in [5.74, 6) is -0.909. The smallest absolute Gasteiger partial charge is 0.358 e.